The Kier molecular flexibility index (Phi) is 45.6. The number of nitrogens with one attached hydrogen (secondary N) is 1. The maximum atomic E-state index is 12.7. The predicted octanol–water partition coefficient (Wildman–Crippen LogP) is 12.2. The first-order valence-corrected chi connectivity index (χ1v) is 23.9. The number of fused-ring (bicyclic) bond motifs is 5. The second kappa shape index (κ2) is 37.4. The minimum Gasteiger partial charge on any atom is -0.446 e. The molecule has 7 radical (unpaired) electrons. The largest absolute Gasteiger partial charge is 0.446 e. The van der Waals surface area contributed by atoms with E-state index in [2.05, 4.69) is 46.0 Å². The smallest absolute Gasteiger partial charge is 0.407 e. The fourth-order valence-corrected chi connectivity index (χ4v) is 11.9. The number of carbonyl (C=O) groups is 2. The van der Waals surface area contributed by atoms with Crippen molar-refractivity contribution in [3.63, 3.8) is 0 Å². The number of amides is 1. The van der Waals surface area contributed by atoms with Crippen LogP contribution in [-0.4, -0.2) is 42.7 Å². The van der Waals surface area contributed by atoms with Crippen molar-refractivity contribution >= 4 is 19.5 Å². The molecule has 0 aliphatic heterocycles. The number of carbonyl (C=O) groups excluding carboxylic acids is 2. The van der Waals surface area contributed by atoms with Gasteiger partial charge in [-0.25, -0.2) is 4.79 Å². The number of hydrogen-bond acceptors (Lipinski definition) is 5. The van der Waals surface area contributed by atoms with Crippen LogP contribution in [0.15, 0.2) is 11.6 Å². The molecule has 0 aromatic rings. The number of rotatable bonds is 23. The number of alkyl carbamates (subject to hydrolysis) is 1. The van der Waals surface area contributed by atoms with Crippen LogP contribution in [0.1, 0.15) is 182 Å². The molecular formula is C44H78NO6PY7. The van der Waals surface area contributed by atoms with E-state index in [-0.39, 0.29) is 247 Å². The Morgan fingerprint density at radius 3 is 1.98 bits per heavy atom. The van der Waals surface area contributed by atoms with Crippen LogP contribution < -0.4 is 5.32 Å². The molecule has 0 aromatic carbocycles. The molecule has 0 spiro atoms. The van der Waals surface area contributed by atoms with Gasteiger partial charge in [0.2, 0.25) is 0 Å². The number of Topliss-reactive ketones (excluding diaryl/α,β-unsaturated/α-hetero) is 1. The zero-order valence-electron chi connectivity index (χ0n) is 38.3. The summed E-state index contributed by atoms with van der Waals surface area (Å²) in [4.78, 5) is 34.0. The van der Waals surface area contributed by atoms with E-state index in [9.17, 15) is 14.2 Å². The van der Waals surface area contributed by atoms with E-state index >= 15 is 0 Å². The Hall–Kier alpha value is 6.56. The molecule has 59 heavy (non-hydrogen) atoms. The fourth-order valence-electron chi connectivity index (χ4n) is 11.4. The molecule has 7 nitrogen and oxygen atoms in total. The molecule has 2 N–H and O–H groups in total. The van der Waals surface area contributed by atoms with Gasteiger partial charge < -0.3 is 19.5 Å². The second-order valence-electron chi connectivity index (χ2n) is 18.7. The van der Waals surface area contributed by atoms with Crippen molar-refractivity contribution in [1.29, 1.82) is 0 Å². The van der Waals surface area contributed by atoms with Crippen LogP contribution in [-0.2, 0) is 248 Å². The molecule has 3 fully saturated rings. The SMILES string of the molecule is CC(C)CCC[C@@H](C)[C@H]1CC[C@H]2[C@@H]3CC=C4C[C@@H](OC(=O)NCCCCCCCC(=O)CCCCCCCOP(C)(=O)O)CC[C@]4(C)[C@H]3CC[C@]12C.[Y].[Y].[Y].[Y].[Y].[Y].[Y]. The van der Waals surface area contributed by atoms with Gasteiger partial charge in [-0.3, -0.25) is 9.36 Å². The van der Waals surface area contributed by atoms with Crippen molar-refractivity contribution < 1.29 is 257 Å². The maximum Gasteiger partial charge on any atom is 0.407 e. The van der Waals surface area contributed by atoms with Crippen LogP contribution in [0.25, 0.3) is 0 Å². The minimum atomic E-state index is -3.36. The molecule has 0 aromatic heterocycles. The van der Waals surface area contributed by atoms with Crippen molar-refractivity contribution in [2.75, 3.05) is 19.8 Å². The molecule has 321 valence electrons. The molecule has 15 heteroatoms. The quantitative estimate of drug-likeness (QED) is 0.0600. The van der Waals surface area contributed by atoms with Crippen LogP contribution in [0.4, 0.5) is 4.79 Å². The average molecular weight is 1370 g/mol. The van der Waals surface area contributed by atoms with Gasteiger partial charge in [0.05, 0.1) is 6.61 Å². The molecule has 1 amide bonds. The Bertz CT molecular complexity index is 1230. The third-order valence-corrected chi connectivity index (χ3v) is 15.0. The Morgan fingerprint density at radius 1 is 0.780 bits per heavy atom. The molecule has 0 heterocycles. The molecule has 4 rings (SSSR count). The van der Waals surface area contributed by atoms with E-state index in [4.69, 9.17) is 14.2 Å². The summed E-state index contributed by atoms with van der Waals surface area (Å²) in [6, 6.07) is 0. The summed E-state index contributed by atoms with van der Waals surface area (Å²) >= 11 is 0. The number of ketones is 1. The molecular weight excluding hydrogens is 1290 g/mol. The van der Waals surface area contributed by atoms with Crippen molar-refractivity contribution in [3.8, 4) is 0 Å². The molecule has 1 unspecified atom stereocenters. The van der Waals surface area contributed by atoms with E-state index < -0.39 is 7.60 Å². The van der Waals surface area contributed by atoms with Gasteiger partial charge in [-0.1, -0.05) is 104 Å². The first kappa shape index (κ1) is 72.1. The molecule has 0 saturated heterocycles. The van der Waals surface area contributed by atoms with Crippen LogP contribution >= 0.6 is 7.60 Å². The van der Waals surface area contributed by atoms with Gasteiger partial charge >= 0.3 is 13.7 Å². The zero-order chi connectivity index (χ0) is 37.8. The summed E-state index contributed by atoms with van der Waals surface area (Å²) in [5, 5.41) is 3.01. The number of allylic oxidation sites excluding steroid dienone is 1. The third kappa shape index (κ3) is 24.5. The average Bonchev–Trinajstić information content (AvgIpc) is 3.44. The second-order valence-corrected chi connectivity index (χ2v) is 20.6. The van der Waals surface area contributed by atoms with Crippen LogP contribution in [0, 0.1) is 46.3 Å². The molecule has 0 bridgehead atoms. The molecule has 9 atom stereocenters. The first-order valence-electron chi connectivity index (χ1n) is 21.8. The van der Waals surface area contributed by atoms with Crippen LogP contribution in [0.2, 0.25) is 0 Å². The minimum absolute atomic E-state index is 0. The van der Waals surface area contributed by atoms with Gasteiger partial charge in [0.15, 0.2) is 0 Å². The summed E-state index contributed by atoms with van der Waals surface area (Å²) in [5.74, 6) is 5.40. The predicted molar refractivity (Wildman–Crippen MR) is 213 cm³/mol. The van der Waals surface area contributed by atoms with Crippen molar-refractivity contribution in [3.05, 3.63) is 11.6 Å². The first-order chi connectivity index (χ1) is 24.7. The van der Waals surface area contributed by atoms with E-state index in [1.54, 1.807) is 5.57 Å². The molecule has 3 saturated carbocycles. The van der Waals surface area contributed by atoms with Crippen LogP contribution in [0.5, 0.6) is 0 Å². The summed E-state index contributed by atoms with van der Waals surface area (Å²) in [5.41, 5.74) is 2.37. The number of unbranched alkanes of at least 4 members (excludes halogenated alkanes) is 8. The molecule has 4 aliphatic carbocycles. The van der Waals surface area contributed by atoms with Crippen molar-refractivity contribution in [2.24, 2.45) is 46.3 Å². The Labute approximate surface area is 538 Å². The maximum absolute atomic E-state index is 12.7. The van der Waals surface area contributed by atoms with Gasteiger partial charge in [-0.15, -0.1) is 0 Å². The number of ether oxygens (including phenoxy) is 1. The third-order valence-electron chi connectivity index (χ3n) is 14.4. The van der Waals surface area contributed by atoms with Gasteiger partial charge in [-0.2, -0.15) is 0 Å². The fraction of sp³-hybridized carbons (Fsp3) is 0.909. The van der Waals surface area contributed by atoms with Crippen molar-refractivity contribution in [1.82, 2.24) is 5.32 Å². The van der Waals surface area contributed by atoms with E-state index in [1.165, 1.54) is 58.0 Å². The summed E-state index contributed by atoms with van der Waals surface area (Å²) < 4.78 is 22.0. The van der Waals surface area contributed by atoms with E-state index in [0.29, 0.717) is 37.2 Å². The molecule has 4 aliphatic rings. The van der Waals surface area contributed by atoms with E-state index in [1.807, 2.05) is 0 Å². The summed E-state index contributed by atoms with van der Waals surface area (Å²) in [6.07, 6.45) is 27.5. The van der Waals surface area contributed by atoms with E-state index in [0.717, 1.165) is 119 Å². The van der Waals surface area contributed by atoms with Crippen molar-refractivity contribution in [2.45, 2.75) is 188 Å². The van der Waals surface area contributed by atoms with Gasteiger partial charge in [0, 0.05) is 261 Å². The summed E-state index contributed by atoms with van der Waals surface area (Å²) in [7, 11) is -3.36. The Balaban J connectivity index is -0.00000216. The Morgan fingerprint density at radius 2 is 1.37 bits per heavy atom. The zero-order valence-corrected chi connectivity index (χ0v) is 59.0. The summed E-state index contributed by atoms with van der Waals surface area (Å²) in [6.45, 7) is 14.7. The topological polar surface area (TPSA) is 102 Å². The van der Waals surface area contributed by atoms with Crippen LogP contribution in [0.3, 0.4) is 0 Å². The monoisotopic (exact) mass is 1370 g/mol. The van der Waals surface area contributed by atoms with Gasteiger partial charge in [0.25, 0.3) is 0 Å². The standard InChI is InChI=1S/C44H78NO6P.7Y/c1-33(2)18-17-19-34(3)39-24-25-40-38-23-22-35-32-37(26-28-43(35,4)41(38)27-29-44(39,40)5)51-42(47)45-30-15-11-7-9-13-20-36(46)21-14-10-8-12-16-31-50-52(6,48)49;;;;;;;/h22,33-34,37-41H,7-21,23-32H2,1-6H3,(H,45,47)(H,48,49);;;;;;;/t34-,37+,38+,39-,40+,41+,43+,44-;;;;;;;/m1......./s1. The number of hydrogen-bond donors (Lipinski definition) is 2. The van der Waals surface area contributed by atoms with Gasteiger partial charge in [0.1, 0.15) is 11.9 Å². The normalized spacial score (nSPS) is 27.8. The van der Waals surface area contributed by atoms with Gasteiger partial charge in [-0.05, 0) is 117 Å².